The van der Waals surface area contributed by atoms with Crippen molar-refractivity contribution in [2.24, 2.45) is 11.7 Å². The van der Waals surface area contributed by atoms with Gasteiger partial charge in [-0.2, -0.15) is 0 Å². The lowest BCUT2D eigenvalue weighted by Crippen LogP contribution is -2.59. The highest BCUT2D eigenvalue weighted by Crippen LogP contribution is 2.32. The molecule has 1 aliphatic rings. The Hall–Kier alpha value is -0.650. The molecule has 0 saturated heterocycles. The maximum atomic E-state index is 11.9. The lowest BCUT2D eigenvalue weighted by Gasteiger charge is -2.42. The molecule has 0 aromatic rings. The average molecular weight is 258 g/mol. The molecular weight excluding hydrogens is 232 g/mol. The second-order valence-corrected chi connectivity index (χ2v) is 5.10. The fraction of sp³-hybridized carbons (Fsp3) is 0.923. The lowest BCUT2D eigenvalue weighted by molar-refractivity contribution is -0.129. The summed E-state index contributed by atoms with van der Waals surface area (Å²) < 4.78 is 10.1. The number of amides is 1. The van der Waals surface area contributed by atoms with Crippen molar-refractivity contribution in [3.8, 4) is 0 Å². The first-order valence-electron chi connectivity index (χ1n) is 6.72. The van der Waals surface area contributed by atoms with E-state index >= 15 is 0 Å². The summed E-state index contributed by atoms with van der Waals surface area (Å²) in [6.07, 6.45) is 4.45. The van der Waals surface area contributed by atoms with E-state index in [2.05, 4.69) is 12.2 Å². The maximum absolute atomic E-state index is 11.9. The van der Waals surface area contributed by atoms with Gasteiger partial charge in [-0.15, -0.1) is 0 Å². The van der Waals surface area contributed by atoms with E-state index in [1.807, 2.05) is 0 Å². The molecule has 0 aromatic heterocycles. The van der Waals surface area contributed by atoms with E-state index in [4.69, 9.17) is 15.2 Å². The van der Waals surface area contributed by atoms with Crippen LogP contribution in [0.25, 0.3) is 0 Å². The molecule has 5 heteroatoms. The molecule has 2 atom stereocenters. The molecule has 0 spiro atoms. The van der Waals surface area contributed by atoms with Crippen LogP contribution in [0.4, 0.5) is 0 Å². The summed E-state index contributed by atoms with van der Waals surface area (Å²) in [6, 6.07) is 0. The first-order chi connectivity index (χ1) is 8.64. The molecule has 106 valence electrons. The molecule has 5 nitrogen and oxygen atoms in total. The van der Waals surface area contributed by atoms with Gasteiger partial charge in [-0.05, 0) is 18.8 Å². The molecule has 1 fully saturated rings. The zero-order valence-electron chi connectivity index (χ0n) is 11.5. The number of ether oxygens (including phenoxy) is 2. The standard InChI is InChI=1S/C13H26N2O3/c1-11-5-3-4-6-13(11,10-14)15-12(16)9-18-8-7-17-2/h11H,3-10,14H2,1-2H3,(H,15,16). The van der Waals surface area contributed by atoms with Crippen molar-refractivity contribution in [1.29, 1.82) is 0 Å². The molecule has 1 rings (SSSR count). The summed E-state index contributed by atoms with van der Waals surface area (Å²) >= 11 is 0. The van der Waals surface area contributed by atoms with Crippen LogP contribution in [0.1, 0.15) is 32.6 Å². The minimum absolute atomic E-state index is 0.0784. The van der Waals surface area contributed by atoms with Crippen LogP contribution in [-0.2, 0) is 14.3 Å². The molecule has 0 bridgehead atoms. The number of hydrogen-bond acceptors (Lipinski definition) is 4. The van der Waals surface area contributed by atoms with Crippen molar-refractivity contribution in [3.63, 3.8) is 0 Å². The molecule has 0 aliphatic heterocycles. The van der Waals surface area contributed by atoms with E-state index in [9.17, 15) is 4.79 Å². The predicted molar refractivity (Wildman–Crippen MR) is 70.3 cm³/mol. The van der Waals surface area contributed by atoms with Gasteiger partial charge in [0.05, 0.1) is 18.8 Å². The summed E-state index contributed by atoms with van der Waals surface area (Å²) in [5, 5.41) is 3.08. The third-order valence-electron chi connectivity index (χ3n) is 3.87. The molecule has 0 heterocycles. The smallest absolute Gasteiger partial charge is 0.246 e. The van der Waals surface area contributed by atoms with Gasteiger partial charge in [-0.25, -0.2) is 0 Å². The van der Waals surface area contributed by atoms with Crippen LogP contribution < -0.4 is 11.1 Å². The minimum Gasteiger partial charge on any atom is -0.382 e. The van der Waals surface area contributed by atoms with E-state index in [0.717, 1.165) is 19.3 Å². The highest BCUT2D eigenvalue weighted by Gasteiger charge is 2.38. The third-order valence-corrected chi connectivity index (χ3v) is 3.87. The van der Waals surface area contributed by atoms with Crippen LogP contribution in [0.15, 0.2) is 0 Å². The van der Waals surface area contributed by atoms with Gasteiger partial charge in [0.15, 0.2) is 0 Å². The lowest BCUT2D eigenvalue weighted by atomic mass is 9.73. The molecule has 18 heavy (non-hydrogen) atoms. The van der Waals surface area contributed by atoms with Gasteiger partial charge >= 0.3 is 0 Å². The van der Waals surface area contributed by atoms with E-state index in [1.165, 1.54) is 6.42 Å². The van der Waals surface area contributed by atoms with Crippen LogP contribution in [-0.4, -0.2) is 44.9 Å². The fourth-order valence-corrected chi connectivity index (χ4v) is 2.57. The second-order valence-electron chi connectivity index (χ2n) is 5.10. The molecule has 0 aromatic carbocycles. The Morgan fingerprint density at radius 3 is 2.83 bits per heavy atom. The molecule has 1 amide bonds. The van der Waals surface area contributed by atoms with Gasteiger partial charge in [0.25, 0.3) is 0 Å². The third kappa shape index (κ3) is 4.23. The summed E-state index contributed by atoms with van der Waals surface area (Å²) in [6.45, 7) is 3.69. The Labute approximate surface area is 109 Å². The summed E-state index contributed by atoms with van der Waals surface area (Å²) in [4.78, 5) is 11.9. The van der Waals surface area contributed by atoms with Gasteiger partial charge in [0.2, 0.25) is 5.91 Å². The van der Waals surface area contributed by atoms with Crippen LogP contribution in [0.3, 0.4) is 0 Å². The van der Waals surface area contributed by atoms with Gasteiger partial charge in [0, 0.05) is 13.7 Å². The summed E-state index contributed by atoms with van der Waals surface area (Å²) in [7, 11) is 1.61. The molecule has 3 N–H and O–H groups in total. The van der Waals surface area contributed by atoms with Crippen molar-refractivity contribution in [1.82, 2.24) is 5.32 Å². The van der Waals surface area contributed by atoms with Gasteiger partial charge < -0.3 is 20.5 Å². The first-order valence-corrected chi connectivity index (χ1v) is 6.72. The van der Waals surface area contributed by atoms with Crippen LogP contribution >= 0.6 is 0 Å². The van der Waals surface area contributed by atoms with Crippen LogP contribution in [0.5, 0.6) is 0 Å². The van der Waals surface area contributed by atoms with Crippen LogP contribution in [0, 0.1) is 5.92 Å². The minimum atomic E-state index is -0.236. The quantitative estimate of drug-likeness (QED) is 0.658. The van der Waals surface area contributed by atoms with Crippen LogP contribution in [0.2, 0.25) is 0 Å². The van der Waals surface area contributed by atoms with E-state index in [0.29, 0.717) is 25.7 Å². The molecule has 2 unspecified atom stereocenters. The SMILES string of the molecule is COCCOCC(=O)NC1(CN)CCCCC1C. The second kappa shape index (κ2) is 7.71. The van der Waals surface area contributed by atoms with Crippen molar-refractivity contribution in [2.45, 2.75) is 38.1 Å². The Morgan fingerprint density at radius 1 is 1.44 bits per heavy atom. The Kier molecular flexibility index (Phi) is 6.60. The zero-order chi connectivity index (χ0) is 13.4. The van der Waals surface area contributed by atoms with Crippen molar-refractivity contribution >= 4 is 5.91 Å². The molecule has 1 saturated carbocycles. The van der Waals surface area contributed by atoms with Crippen molar-refractivity contribution in [3.05, 3.63) is 0 Å². The number of carbonyl (C=O) groups excluding carboxylic acids is 1. The topological polar surface area (TPSA) is 73.6 Å². The number of nitrogens with two attached hydrogens (primary N) is 1. The molecular formula is C13H26N2O3. The highest BCUT2D eigenvalue weighted by molar-refractivity contribution is 5.78. The van der Waals surface area contributed by atoms with E-state index in [1.54, 1.807) is 7.11 Å². The van der Waals surface area contributed by atoms with Crippen molar-refractivity contribution in [2.75, 3.05) is 33.5 Å². The van der Waals surface area contributed by atoms with Gasteiger partial charge in [-0.3, -0.25) is 4.79 Å². The number of nitrogens with one attached hydrogen (secondary N) is 1. The molecule has 1 aliphatic carbocycles. The largest absolute Gasteiger partial charge is 0.382 e. The fourth-order valence-electron chi connectivity index (χ4n) is 2.57. The monoisotopic (exact) mass is 258 g/mol. The molecule has 0 radical (unpaired) electrons. The van der Waals surface area contributed by atoms with E-state index < -0.39 is 0 Å². The number of methoxy groups -OCH3 is 1. The average Bonchev–Trinajstić information content (AvgIpc) is 2.37. The Bertz CT molecular complexity index is 261. The number of rotatable bonds is 7. The Balaban J connectivity index is 2.39. The van der Waals surface area contributed by atoms with E-state index in [-0.39, 0.29) is 18.1 Å². The first kappa shape index (κ1) is 15.4. The number of hydrogen-bond donors (Lipinski definition) is 2. The summed E-state index contributed by atoms with van der Waals surface area (Å²) in [5.41, 5.74) is 5.64. The normalized spacial score (nSPS) is 28.1. The zero-order valence-corrected chi connectivity index (χ0v) is 11.5. The predicted octanol–water partition coefficient (Wildman–Crippen LogP) is 0.673. The van der Waals surface area contributed by atoms with Gasteiger partial charge in [0.1, 0.15) is 6.61 Å². The van der Waals surface area contributed by atoms with Crippen molar-refractivity contribution < 1.29 is 14.3 Å². The Morgan fingerprint density at radius 2 is 2.22 bits per heavy atom. The number of carbonyl (C=O) groups is 1. The summed E-state index contributed by atoms with van der Waals surface area (Å²) in [5.74, 6) is 0.351. The van der Waals surface area contributed by atoms with Gasteiger partial charge in [-0.1, -0.05) is 19.8 Å². The highest BCUT2D eigenvalue weighted by atomic mass is 16.5. The maximum Gasteiger partial charge on any atom is 0.246 e.